The van der Waals surface area contributed by atoms with Crippen LogP contribution in [0.2, 0.25) is 0 Å². The zero-order valence-corrected chi connectivity index (χ0v) is 10.9. The molecule has 0 aromatic carbocycles. The smallest absolute Gasteiger partial charge is 0.415 e. The van der Waals surface area contributed by atoms with Crippen molar-refractivity contribution in [2.45, 2.75) is 20.8 Å². The van der Waals surface area contributed by atoms with E-state index in [0.29, 0.717) is 12.1 Å². The molecule has 2 heterocycles. The molecule has 0 saturated heterocycles. The molecule has 0 unspecified atom stereocenters. The zero-order chi connectivity index (χ0) is 13.2. The first-order valence-corrected chi connectivity index (χ1v) is 5.86. The molecular weight excluding hydrogens is 230 g/mol. The Morgan fingerprint density at radius 1 is 1.50 bits per heavy atom. The molecule has 1 aromatic heterocycles. The van der Waals surface area contributed by atoms with Gasteiger partial charge >= 0.3 is 6.09 Å². The summed E-state index contributed by atoms with van der Waals surface area (Å²) < 4.78 is 5.24. The van der Waals surface area contributed by atoms with Crippen LogP contribution in [0.1, 0.15) is 20.8 Å². The van der Waals surface area contributed by atoms with Crippen molar-refractivity contribution in [2.75, 3.05) is 13.3 Å². The quantitative estimate of drug-likeness (QED) is 0.740. The molecule has 0 N–H and O–H groups in total. The highest BCUT2D eigenvalue weighted by atomic mass is 16.6. The normalized spacial score (nSPS) is 14.3. The van der Waals surface area contributed by atoms with E-state index in [0.717, 1.165) is 5.22 Å². The third-order valence-electron chi connectivity index (χ3n) is 2.35. The number of pyridine rings is 1. The monoisotopic (exact) mass is 247 g/mol. The fourth-order valence-electron chi connectivity index (χ4n) is 1.47. The van der Waals surface area contributed by atoms with Crippen molar-refractivity contribution < 1.29 is 9.53 Å². The van der Waals surface area contributed by atoms with Crippen molar-refractivity contribution in [3.05, 3.63) is 29.0 Å². The van der Waals surface area contributed by atoms with Crippen molar-refractivity contribution in [2.24, 2.45) is 10.4 Å². The summed E-state index contributed by atoms with van der Waals surface area (Å²) in [5, 5.41) is 0.830. The van der Waals surface area contributed by atoms with Gasteiger partial charge in [0.25, 0.3) is 0 Å². The number of hydrogen-bond donors (Lipinski definition) is 0. The molecule has 0 spiro atoms. The maximum Gasteiger partial charge on any atom is 0.415 e. The third kappa shape index (κ3) is 3.06. The third-order valence-corrected chi connectivity index (χ3v) is 2.35. The van der Waals surface area contributed by atoms with Gasteiger partial charge < -0.3 is 4.74 Å². The second-order valence-corrected chi connectivity index (χ2v) is 5.43. The standard InChI is InChI=1S/C13H17N3O2/c1-13(2,3)8-18-12(17)16-7-10-5-4-6-14-11(10)15-9-16/h4-7H,8-9H2,1-3H3. The van der Waals surface area contributed by atoms with Crippen LogP contribution in [0.3, 0.4) is 0 Å². The molecule has 0 radical (unpaired) electrons. The average Bonchev–Trinajstić information content (AvgIpc) is 2.34. The van der Waals surface area contributed by atoms with Gasteiger partial charge in [0.05, 0.1) is 6.61 Å². The summed E-state index contributed by atoms with van der Waals surface area (Å²) in [6, 6.07) is 3.68. The van der Waals surface area contributed by atoms with Crippen LogP contribution in [0.5, 0.6) is 0 Å². The van der Waals surface area contributed by atoms with E-state index in [1.165, 1.54) is 4.90 Å². The number of amides is 1. The number of rotatable bonds is 1. The molecule has 1 aliphatic rings. The largest absolute Gasteiger partial charge is 0.449 e. The predicted molar refractivity (Wildman–Crippen MR) is 67.0 cm³/mol. The van der Waals surface area contributed by atoms with Crippen molar-refractivity contribution >= 4 is 12.3 Å². The van der Waals surface area contributed by atoms with Gasteiger partial charge in [0, 0.05) is 17.6 Å². The molecule has 5 nitrogen and oxygen atoms in total. The Hall–Kier alpha value is -1.91. The minimum atomic E-state index is -0.372. The van der Waals surface area contributed by atoms with Crippen molar-refractivity contribution in [3.63, 3.8) is 0 Å². The lowest BCUT2D eigenvalue weighted by atomic mass is 9.99. The molecule has 0 fully saturated rings. The molecule has 5 heteroatoms. The van der Waals surface area contributed by atoms with Crippen molar-refractivity contribution in [1.29, 1.82) is 0 Å². The summed E-state index contributed by atoms with van der Waals surface area (Å²) in [6.07, 6.45) is 3.03. The molecular formula is C13H17N3O2. The average molecular weight is 247 g/mol. The van der Waals surface area contributed by atoms with Gasteiger partial charge in [-0.25, -0.2) is 14.8 Å². The summed E-state index contributed by atoms with van der Waals surface area (Å²) in [7, 11) is 0. The Balaban J connectivity index is 2.09. The molecule has 0 bridgehead atoms. The topological polar surface area (TPSA) is 54.8 Å². The van der Waals surface area contributed by atoms with E-state index in [2.05, 4.69) is 9.98 Å². The van der Waals surface area contributed by atoms with Crippen LogP contribution in [0.4, 0.5) is 4.79 Å². The molecule has 18 heavy (non-hydrogen) atoms. The summed E-state index contributed by atoms with van der Waals surface area (Å²) in [5.74, 6) is 0. The maximum absolute atomic E-state index is 11.8. The lowest BCUT2D eigenvalue weighted by molar-refractivity contribution is 0.0867. The van der Waals surface area contributed by atoms with Gasteiger partial charge in [-0.1, -0.05) is 20.8 Å². The van der Waals surface area contributed by atoms with Crippen LogP contribution in [0.25, 0.3) is 6.20 Å². The molecule has 1 aromatic rings. The Bertz CT molecular complexity index is 560. The molecule has 0 saturated carbocycles. The van der Waals surface area contributed by atoms with E-state index >= 15 is 0 Å². The fraction of sp³-hybridized carbons (Fsp3) is 0.462. The number of aromatic nitrogens is 1. The summed E-state index contributed by atoms with van der Waals surface area (Å²) in [6.45, 7) is 6.69. The van der Waals surface area contributed by atoms with Gasteiger partial charge in [-0.3, -0.25) is 4.90 Å². The Morgan fingerprint density at radius 3 is 3.00 bits per heavy atom. The second-order valence-electron chi connectivity index (χ2n) is 5.43. The van der Waals surface area contributed by atoms with Gasteiger partial charge in [-0.2, -0.15) is 0 Å². The second kappa shape index (κ2) is 4.76. The van der Waals surface area contributed by atoms with Gasteiger partial charge in [-0.05, 0) is 17.5 Å². The van der Waals surface area contributed by atoms with E-state index in [9.17, 15) is 4.79 Å². The Morgan fingerprint density at radius 2 is 2.28 bits per heavy atom. The number of ether oxygens (including phenoxy) is 1. The maximum atomic E-state index is 11.8. The first-order valence-electron chi connectivity index (χ1n) is 5.86. The van der Waals surface area contributed by atoms with Crippen LogP contribution in [-0.4, -0.2) is 29.3 Å². The van der Waals surface area contributed by atoms with Crippen LogP contribution < -0.4 is 10.7 Å². The van der Waals surface area contributed by atoms with E-state index in [-0.39, 0.29) is 18.2 Å². The van der Waals surface area contributed by atoms with Crippen LogP contribution in [0.15, 0.2) is 23.3 Å². The summed E-state index contributed by atoms with van der Waals surface area (Å²) in [5.41, 5.74) is 0.625. The SMILES string of the molecule is CC(C)(C)COC(=O)N1C=c2cccnc2=NC1. The molecule has 0 aliphatic carbocycles. The van der Waals surface area contributed by atoms with E-state index in [1.807, 2.05) is 32.9 Å². The van der Waals surface area contributed by atoms with Crippen LogP contribution in [0, 0.1) is 5.41 Å². The van der Waals surface area contributed by atoms with Gasteiger partial charge in [-0.15, -0.1) is 0 Å². The molecule has 0 atom stereocenters. The van der Waals surface area contributed by atoms with Gasteiger partial charge in [0.1, 0.15) is 6.67 Å². The van der Waals surface area contributed by atoms with E-state index < -0.39 is 0 Å². The Labute approximate surface area is 106 Å². The minimum Gasteiger partial charge on any atom is -0.449 e. The highest BCUT2D eigenvalue weighted by Gasteiger charge is 2.18. The van der Waals surface area contributed by atoms with Crippen LogP contribution in [-0.2, 0) is 4.74 Å². The van der Waals surface area contributed by atoms with Crippen molar-refractivity contribution in [3.8, 4) is 0 Å². The number of carbonyl (C=O) groups is 1. The fourth-order valence-corrected chi connectivity index (χ4v) is 1.47. The van der Waals surface area contributed by atoms with Crippen molar-refractivity contribution in [1.82, 2.24) is 9.88 Å². The number of nitrogens with zero attached hydrogens (tertiary/aromatic N) is 3. The lowest BCUT2D eigenvalue weighted by Crippen LogP contribution is -2.40. The highest BCUT2D eigenvalue weighted by molar-refractivity contribution is 5.72. The van der Waals surface area contributed by atoms with E-state index in [4.69, 9.17) is 4.74 Å². The highest BCUT2D eigenvalue weighted by Crippen LogP contribution is 2.13. The number of carbonyl (C=O) groups excluding carboxylic acids is 1. The first kappa shape index (κ1) is 12.5. The minimum absolute atomic E-state index is 0.0396. The summed E-state index contributed by atoms with van der Waals surface area (Å²) in [4.78, 5) is 21.6. The molecule has 1 aliphatic heterocycles. The lowest BCUT2D eigenvalue weighted by Gasteiger charge is -2.22. The van der Waals surface area contributed by atoms with Gasteiger partial charge in [0.15, 0.2) is 5.49 Å². The molecule has 96 valence electrons. The molecule has 2 rings (SSSR count). The summed E-state index contributed by atoms with van der Waals surface area (Å²) >= 11 is 0. The van der Waals surface area contributed by atoms with Gasteiger partial charge in [0.2, 0.25) is 0 Å². The first-order chi connectivity index (χ1) is 8.46. The van der Waals surface area contributed by atoms with E-state index in [1.54, 1.807) is 12.4 Å². The Kier molecular flexibility index (Phi) is 3.32. The number of hydrogen-bond acceptors (Lipinski definition) is 4. The zero-order valence-electron chi connectivity index (χ0n) is 10.9. The number of fused-ring (bicyclic) bond motifs is 1. The molecule has 1 amide bonds. The predicted octanol–water partition coefficient (Wildman–Crippen LogP) is 0.895. The van der Waals surface area contributed by atoms with Crippen LogP contribution >= 0.6 is 0 Å².